The fourth-order valence-corrected chi connectivity index (χ4v) is 5.76. The van der Waals surface area contributed by atoms with Crippen molar-refractivity contribution in [2.75, 3.05) is 26.2 Å². The molecule has 1 amide bonds. The summed E-state index contributed by atoms with van der Waals surface area (Å²) in [7, 11) is -3.57. The zero-order chi connectivity index (χ0) is 20.4. The molecule has 4 rings (SSSR count). The van der Waals surface area contributed by atoms with E-state index < -0.39 is 10.0 Å². The van der Waals surface area contributed by atoms with Crippen LogP contribution in [0.1, 0.15) is 59.8 Å². The molecule has 1 aromatic carbocycles. The minimum atomic E-state index is -3.57. The third kappa shape index (κ3) is 4.06. The second-order valence-electron chi connectivity index (χ2n) is 7.90. The number of hydrogen-bond donors (Lipinski definition) is 1. The van der Waals surface area contributed by atoms with Gasteiger partial charge < -0.3 is 4.90 Å². The number of amides is 1. The number of likely N-dealkylation sites (tertiary alicyclic amines) is 1. The maximum atomic E-state index is 13.3. The van der Waals surface area contributed by atoms with E-state index in [1.807, 2.05) is 6.92 Å². The molecule has 0 unspecified atom stereocenters. The van der Waals surface area contributed by atoms with E-state index in [9.17, 15) is 13.2 Å². The van der Waals surface area contributed by atoms with E-state index in [2.05, 4.69) is 15.2 Å². The molecule has 29 heavy (non-hydrogen) atoms. The Kier molecular flexibility index (Phi) is 5.69. The molecule has 0 bridgehead atoms. The van der Waals surface area contributed by atoms with Gasteiger partial charge in [-0.05, 0) is 50.3 Å². The molecule has 0 spiro atoms. The number of hydrogen-bond acceptors (Lipinski definition) is 5. The molecule has 2 saturated heterocycles. The van der Waals surface area contributed by atoms with E-state index in [1.165, 1.54) is 10.6 Å². The van der Waals surface area contributed by atoms with Gasteiger partial charge in [0.15, 0.2) is 0 Å². The fourth-order valence-electron chi connectivity index (χ4n) is 4.21. The zero-order valence-electron chi connectivity index (χ0n) is 16.7. The molecule has 0 saturated carbocycles. The number of sulfonamides is 1. The summed E-state index contributed by atoms with van der Waals surface area (Å²) in [6, 6.07) is 4.91. The number of carbonyl (C=O) groups is 1. The summed E-state index contributed by atoms with van der Waals surface area (Å²) in [6.45, 7) is 4.15. The maximum Gasteiger partial charge on any atom is 0.254 e. The Hall–Kier alpha value is -2.26. The van der Waals surface area contributed by atoms with Gasteiger partial charge in [-0.3, -0.25) is 9.89 Å². The van der Waals surface area contributed by atoms with Gasteiger partial charge in [-0.15, -0.1) is 0 Å². The van der Waals surface area contributed by atoms with Gasteiger partial charge in [-0.25, -0.2) is 13.4 Å². The number of H-pyrrole nitrogens is 1. The van der Waals surface area contributed by atoms with Crippen LogP contribution >= 0.6 is 0 Å². The topological polar surface area (TPSA) is 99.3 Å². The van der Waals surface area contributed by atoms with Crippen LogP contribution in [0.5, 0.6) is 0 Å². The number of rotatable bonds is 4. The highest BCUT2D eigenvalue weighted by Gasteiger charge is 2.30. The molecule has 9 heteroatoms. The monoisotopic (exact) mass is 417 g/mol. The Bertz CT molecular complexity index is 968. The molecule has 8 nitrogen and oxygen atoms in total. The number of piperidine rings is 2. The van der Waals surface area contributed by atoms with Gasteiger partial charge in [0, 0.05) is 37.7 Å². The van der Waals surface area contributed by atoms with E-state index >= 15 is 0 Å². The van der Waals surface area contributed by atoms with Gasteiger partial charge in [0.05, 0.1) is 4.90 Å². The average molecular weight is 418 g/mol. The van der Waals surface area contributed by atoms with Gasteiger partial charge in [-0.2, -0.15) is 9.40 Å². The normalized spacial score (nSPS) is 21.3. The van der Waals surface area contributed by atoms with Gasteiger partial charge in [0.25, 0.3) is 5.91 Å². The number of benzene rings is 1. The third-order valence-electron chi connectivity index (χ3n) is 5.92. The first kappa shape index (κ1) is 20.0. The molecule has 2 aliphatic heterocycles. The van der Waals surface area contributed by atoms with Crippen molar-refractivity contribution < 1.29 is 13.2 Å². The molecule has 156 valence electrons. The van der Waals surface area contributed by atoms with Crippen molar-refractivity contribution in [3.8, 4) is 0 Å². The summed E-state index contributed by atoms with van der Waals surface area (Å²) in [5.41, 5.74) is 1.25. The Balaban J connectivity index is 1.58. The lowest BCUT2D eigenvalue weighted by Gasteiger charge is -2.32. The molecule has 2 fully saturated rings. The fraction of sp³-hybridized carbons (Fsp3) is 0.550. The number of carbonyl (C=O) groups excluding carboxylic acids is 1. The van der Waals surface area contributed by atoms with E-state index in [0.717, 1.165) is 43.5 Å². The summed E-state index contributed by atoms with van der Waals surface area (Å²) in [4.78, 5) is 19.5. The zero-order valence-corrected chi connectivity index (χ0v) is 17.5. The molecule has 3 heterocycles. The van der Waals surface area contributed by atoms with E-state index in [1.54, 1.807) is 23.1 Å². The van der Waals surface area contributed by atoms with Gasteiger partial charge in [0.1, 0.15) is 12.2 Å². The van der Waals surface area contributed by atoms with Crippen LogP contribution in [0.25, 0.3) is 0 Å². The smallest absolute Gasteiger partial charge is 0.254 e. The highest BCUT2D eigenvalue weighted by molar-refractivity contribution is 7.89. The van der Waals surface area contributed by atoms with Gasteiger partial charge in [-0.1, -0.05) is 12.5 Å². The standard InChI is InChI=1S/C20H27N5O3S/c1-15-7-8-17(29(27,28)25-10-3-2-4-11-25)12-18(15)20(26)24-9-5-6-16(13-24)19-21-14-22-23-19/h7-8,12,14,16H,2-6,9-11,13H2,1H3,(H,21,22,23)/t16-/m0/s1. The van der Waals surface area contributed by atoms with E-state index in [4.69, 9.17) is 0 Å². The number of aryl methyl sites for hydroxylation is 1. The maximum absolute atomic E-state index is 13.3. The van der Waals surface area contributed by atoms with Crippen LogP contribution in [-0.2, 0) is 10.0 Å². The van der Waals surface area contributed by atoms with Crippen molar-refractivity contribution >= 4 is 15.9 Å². The highest BCUT2D eigenvalue weighted by atomic mass is 32.2. The molecular weight excluding hydrogens is 390 g/mol. The van der Waals surface area contributed by atoms with Crippen LogP contribution in [0.4, 0.5) is 0 Å². The summed E-state index contributed by atoms with van der Waals surface area (Å²) in [6.07, 6.45) is 6.13. The summed E-state index contributed by atoms with van der Waals surface area (Å²) >= 11 is 0. The first-order valence-electron chi connectivity index (χ1n) is 10.2. The minimum Gasteiger partial charge on any atom is -0.338 e. The Morgan fingerprint density at radius 2 is 1.93 bits per heavy atom. The first-order chi connectivity index (χ1) is 14.0. The first-order valence-corrected chi connectivity index (χ1v) is 11.7. The summed E-state index contributed by atoms with van der Waals surface area (Å²) < 4.78 is 27.6. The van der Waals surface area contributed by atoms with Gasteiger partial charge in [0.2, 0.25) is 10.0 Å². The molecule has 1 N–H and O–H groups in total. The predicted octanol–water partition coefficient (Wildman–Crippen LogP) is 2.31. The molecule has 0 aliphatic carbocycles. The lowest BCUT2D eigenvalue weighted by molar-refractivity contribution is 0.0703. The quantitative estimate of drug-likeness (QED) is 0.823. The highest BCUT2D eigenvalue weighted by Crippen LogP contribution is 2.27. The van der Waals surface area contributed by atoms with E-state index in [0.29, 0.717) is 31.7 Å². The molecule has 2 aliphatic rings. The van der Waals surface area contributed by atoms with Crippen LogP contribution in [-0.4, -0.2) is 64.9 Å². The Morgan fingerprint density at radius 1 is 1.14 bits per heavy atom. The molecule has 1 aromatic heterocycles. The lowest BCUT2D eigenvalue weighted by atomic mass is 9.96. The van der Waals surface area contributed by atoms with Crippen LogP contribution in [0.15, 0.2) is 29.4 Å². The average Bonchev–Trinajstić information content (AvgIpc) is 3.29. The number of aromatic amines is 1. The summed E-state index contributed by atoms with van der Waals surface area (Å²) in [5, 5.41) is 6.81. The minimum absolute atomic E-state index is 0.121. The van der Waals surface area contributed by atoms with Crippen LogP contribution in [0.3, 0.4) is 0 Å². The lowest BCUT2D eigenvalue weighted by Crippen LogP contribution is -2.40. The molecule has 0 radical (unpaired) electrons. The Morgan fingerprint density at radius 3 is 2.66 bits per heavy atom. The SMILES string of the molecule is Cc1ccc(S(=O)(=O)N2CCCCC2)cc1C(=O)N1CCC[C@H](c2ncn[nH]2)C1. The largest absolute Gasteiger partial charge is 0.338 e. The van der Waals surface area contributed by atoms with Crippen molar-refractivity contribution in [3.05, 3.63) is 41.5 Å². The van der Waals surface area contributed by atoms with Crippen molar-refractivity contribution in [3.63, 3.8) is 0 Å². The van der Waals surface area contributed by atoms with Crippen molar-refractivity contribution in [2.24, 2.45) is 0 Å². The molecule has 1 atom stereocenters. The molecule has 2 aromatic rings. The van der Waals surface area contributed by atoms with Crippen molar-refractivity contribution in [2.45, 2.75) is 49.8 Å². The van der Waals surface area contributed by atoms with Crippen molar-refractivity contribution in [1.29, 1.82) is 0 Å². The van der Waals surface area contributed by atoms with Crippen LogP contribution < -0.4 is 0 Å². The third-order valence-corrected chi connectivity index (χ3v) is 7.82. The number of nitrogens with zero attached hydrogens (tertiary/aromatic N) is 4. The number of aromatic nitrogens is 3. The summed E-state index contributed by atoms with van der Waals surface area (Å²) in [5.74, 6) is 0.791. The van der Waals surface area contributed by atoms with Gasteiger partial charge >= 0.3 is 0 Å². The van der Waals surface area contributed by atoms with Crippen LogP contribution in [0, 0.1) is 6.92 Å². The van der Waals surface area contributed by atoms with Crippen LogP contribution in [0.2, 0.25) is 0 Å². The molecular formula is C20H27N5O3S. The second-order valence-corrected chi connectivity index (χ2v) is 9.84. The Labute approximate surface area is 171 Å². The van der Waals surface area contributed by atoms with E-state index in [-0.39, 0.29) is 16.7 Å². The predicted molar refractivity (Wildman–Crippen MR) is 108 cm³/mol. The van der Waals surface area contributed by atoms with Crippen molar-refractivity contribution in [1.82, 2.24) is 24.4 Å². The number of nitrogens with one attached hydrogen (secondary N) is 1. The second kappa shape index (κ2) is 8.23.